The van der Waals surface area contributed by atoms with E-state index in [0.29, 0.717) is 5.92 Å². The molecule has 3 heteroatoms. The van der Waals surface area contributed by atoms with Crippen molar-refractivity contribution in [3.05, 3.63) is 28.7 Å². The third-order valence-electron chi connectivity index (χ3n) is 1.86. The molecule has 0 N–H and O–H groups in total. The second-order valence-electron chi connectivity index (χ2n) is 2.93. The molecule has 1 aromatic heterocycles. The van der Waals surface area contributed by atoms with Gasteiger partial charge in [0.05, 0.1) is 0 Å². The molecule has 3 nitrogen and oxygen atoms in total. The molecule has 57 valence electrons. The van der Waals surface area contributed by atoms with Gasteiger partial charge >= 0.3 is 0 Å². The van der Waals surface area contributed by atoms with E-state index in [4.69, 9.17) is 0 Å². The molecule has 0 aliphatic heterocycles. The summed E-state index contributed by atoms with van der Waals surface area (Å²) in [6.45, 7) is 0.774. The molecule has 2 rings (SSSR count). The lowest BCUT2D eigenvalue weighted by Crippen LogP contribution is -2.22. The summed E-state index contributed by atoms with van der Waals surface area (Å²) in [6.07, 6.45) is 5.13. The maximum atomic E-state index is 11.1. The number of nitrogens with zero attached hydrogens (tertiary/aromatic N) is 2. The molecule has 0 atom stereocenters. The maximum Gasteiger partial charge on any atom is 0.266 e. The quantitative estimate of drug-likeness (QED) is 0.612. The van der Waals surface area contributed by atoms with Gasteiger partial charge in [-0.15, -0.1) is 0 Å². The van der Waals surface area contributed by atoms with Crippen LogP contribution in [-0.2, 0) is 6.54 Å². The minimum atomic E-state index is -0.0179. The summed E-state index contributed by atoms with van der Waals surface area (Å²) < 4.78 is 1.48. The van der Waals surface area contributed by atoms with Gasteiger partial charge in [-0.1, -0.05) is 0 Å². The standard InChI is InChI=1S/C8H9N2O/c11-8-2-1-5-9-10(8)6-7-3-4-7/h1-2,7H,3-4,6H2. The smallest absolute Gasteiger partial charge is 0.266 e. The van der Waals surface area contributed by atoms with Crippen molar-refractivity contribution in [1.29, 1.82) is 0 Å². The number of hydrogen-bond donors (Lipinski definition) is 0. The molecule has 0 spiro atoms. The van der Waals surface area contributed by atoms with Crippen LogP contribution in [0.4, 0.5) is 0 Å². The van der Waals surface area contributed by atoms with Crippen molar-refractivity contribution in [1.82, 2.24) is 9.78 Å². The van der Waals surface area contributed by atoms with Crippen LogP contribution in [0.2, 0.25) is 0 Å². The van der Waals surface area contributed by atoms with Crippen molar-refractivity contribution < 1.29 is 0 Å². The third-order valence-corrected chi connectivity index (χ3v) is 1.86. The van der Waals surface area contributed by atoms with Gasteiger partial charge in [0.2, 0.25) is 0 Å². The molecule has 1 fully saturated rings. The molecule has 0 bridgehead atoms. The van der Waals surface area contributed by atoms with Gasteiger partial charge in [0.1, 0.15) is 6.20 Å². The first kappa shape index (κ1) is 6.58. The fourth-order valence-corrected chi connectivity index (χ4v) is 1.02. The van der Waals surface area contributed by atoms with Gasteiger partial charge in [-0.25, -0.2) is 4.68 Å². The summed E-state index contributed by atoms with van der Waals surface area (Å²) in [5.74, 6) is 0.691. The summed E-state index contributed by atoms with van der Waals surface area (Å²) in [6, 6.07) is 3.04. The second kappa shape index (κ2) is 2.49. The molecular weight excluding hydrogens is 140 g/mol. The Bertz CT molecular complexity index is 301. The highest BCUT2D eigenvalue weighted by molar-refractivity contribution is 4.85. The van der Waals surface area contributed by atoms with E-state index in [9.17, 15) is 4.79 Å². The highest BCUT2D eigenvalue weighted by Gasteiger charge is 2.22. The molecule has 0 unspecified atom stereocenters. The third kappa shape index (κ3) is 1.48. The Kier molecular flexibility index (Phi) is 1.49. The molecule has 1 aliphatic rings. The van der Waals surface area contributed by atoms with Gasteiger partial charge in [0.15, 0.2) is 0 Å². The van der Waals surface area contributed by atoms with Crippen LogP contribution in [0.25, 0.3) is 0 Å². The van der Waals surface area contributed by atoms with Crippen LogP contribution < -0.4 is 5.56 Å². The maximum absolute atomic E-state index is 11.1. The van der Waals surface area contributed by atoms with Crippen molar-refractivity contribution in [3.63, 3.8) is 0 Å². The van der Waals surface area contributed by atoms with E-state index in [-0.39, 0.29) is 5.56 Å². The molecule has 11 heavy (non-hydrogen) atoms. The lowest BCUT2D eigenvalue weighted by atomic mass is 10.4. The van der Waals surface area contributed by atoms with Crippen LogP contribution in [0.3, 0.4) is 0 Å². The predicted octanol–water partition coefficient (Wildman–Crippen LogP) is 0.453. The van der Waals surface area contributed by atoms with E-state index < -0.39 is 0 Å². The van der Waals surface area contributed by atoms with Gasteiger partial charge in [-0.05, 0) is 24.8 Å². The second-order valence-corrected chi connectivity index (χ2v) is 2.93. The first-order valence-corrected chi connectivity index (χ1v) is 3.80. The molecule has 1 aliphatic carbocycles. The van der Waals surface area contributed by atoms with Gasteiger partial charge in [0, 0.05) is 12.6 Å². The number of hydrogen-bond acceptors (Lipinski definition) is 2. The van der Waals surface area contributed by atoms with Crippen molar-refractivity contribution in [2.75, 3.05) is 0 Å². The highest BCUT2D eigenvalue weighted by atomic mass is 16.1. The lowest BCUT2D eigenvalue weighted by Gasteiger charge is -1.98. The van der Waals surface area contributed by atoms with Crippen molar-refractivity contribution in [2.45, 2.75) is 19.4 Å². The predicted molar refractivity (Wildman–Crippen MR) is 40.1 cm³/mol. The number of rotatable bonds is 2. The molecule has 1 aromatic rings. The van der Waals surface area contributed by atoms with Crippen LogP contribution in [-0.4, -0.2) is 9.78 Å². The SMILES string of the molecule is O=c1cc[c]nn1CC1CC1. The molecular formula is C8H9N2O. The Morgan fingerprint density at radius 2 is 2.55 bits per heavy atom. The Morgan fingerprint density at radius 3 is 3.18 bits per heavy atom. The fraction of sp³-hybridized carbons (Fsp3) is 0.500. The Labute approximate surface area is 64.7 Å². The van der Waals surface area contributed by atoms with E-state index in [1.54, 1.807) is 6.07 Å². The minimum Gasteiger partial charge on any atom is -0.268 e. The average molecular weight is 149 g/mol. The van der Waals surface area contributed by atoms with Crippen LogP contribution in [0.1, 0.15) is 12.8 Å². The van der Waals surface area contributed by atoms with Crippen LogP contribution in [0, 0.1) is 12.1 Å². The zero-order valence-electron chi connectivity index (χ0n) is 6.16. The van der Waals surface area contributed by atoms with Crippen molar-refractivity contribution in [2.24, 2.45) is 5.92 Å². The van der Waals surface area contributed by atoms with E-state index in [2.05, 4.69) is 11.3 Å². The average Bonchev–Trinajstić information content (AvgIpc) is 2.78. The molecule has 1 saturated carbocycles. The van der Waals surface area contributed by atoms with Gasteiger partial charge in [-0.2, -0.15) is 5.10 Å². The van der Waals surface area contributed by atoms with Crippen molar-refractivity contribution in [3.8, 4) is 0 Å². The molecule has 1 radical (unpaired) electrons. The molecule has 0 amide bonds. The van der Waals surface area contributed by atoms with Crippen LogP contribution in [0.5, 0.6) is 0 Å². The van der Waals surface area contributed by atoms with E-state index >= 15 is 0 Å². The van der Waals surface area contributed by atoms with Gasteiger partial charge in [0.25, 0.3) is 5.56 Å². The zero-order chi connectivity index (χ0) is 7.68. The van der Waals surface area contributed by atoms with Gasteiger partial charge in [-0.3, -0.25) is 4.79 Å². The monoisotopic (exact) mass is 149 g/mol. The van der Waals surface area contributed by atoms with Crippen LogP contribution in [0.15, 0.2) is 16.9 Å². The molecule has 0 saturated heterocycles. The van der Waals surface area contributed by atoms with Crippen molar-refractivity contribution >= 4 is 0 Å². The molecule has 1 heterocycles. The summed E-state index contributed by atoms with van der Waals surface area (Å²) >= 11 is 0. The fourth-order valence-electron chi connectivity index (χ4n) is 1.02. The topological polar surface area (TPSA) is 34.9 Å². The lowest BCUT2D eigenvalue weighted by molar-refractivity contribution is 0.532. The summed E-state index contributed by atoms with van der Waals surface area (Å²) in [7, 11) is 0. The summed E-state index contributed by atoms with van der Waals surface area (Å²) in [5.41, 5.74) is -0.0179. The normalized spacial score (nSPS) is 16.7. The Hall–Kier alpha value is -1.12. The minimum absolute atomic E-state index is 0.0179. The Balaban J connectivity index is 2.21. The first-order valence-electron chi connectivity index (χ1n) is 3.80. The van der Waals surface area contributed by atoms with Crippen LogP contribution >= 0.6 is 0 Å². The van der Waals surface area contributed by atoms with E-state index in [1.165, 1.54) is 23.6 Å². The zero-order valence-corrected chi connectivity index (χ0v) is 6.16. The number of aromatic nitrogens is 2. The summed E-state index contributed by atoms with van der Waals surface area (Å²) in [5, 5.41) is 3.84. The molecule has 0 aromatic carbocycles. The van der Waals surface area contributed by atoms with E-state index in [1.807, 2.05) is 0 Å². The first-order chi connectivity index (χ1) is 5.36. The van der Waals surface area contributed by atoms with E-state index in [0.717, 1.165) is 6.54 Å². The largest absolute Gasteiger partial charge is 0.268 e. The van der Waals surface area contributed by atoms with Gasteiger partial charge < -0.3 is 0 Å². The highest BCUT2D eigenvalue weighted by Crippen LogP contribution is 2.29. The Morgan fingerprint density at radius 1 is 1.73 bits per heavy atom. The summed E-state index contributed by atoms with van der Waals surface area (Å²) in [4.78, 5) is 11.1.